The quantitative estimate of drug-likeness (QED) is 0.844. The van der Waals surface area contributed by atoms with Crippen LogP contribution >= 0.6 is 0 Å². The number of likely N-dealkylation sites (N-methyl/N-ethyl adjacent to an activating group) is 2. The molecule has 0 spiro atoms. The minimum Gasteiger partial charge on any atom is -0.340 e. The van der Waals surface area contributed by atoms with Crippen molar-refractivity contribution < 1.29 is 4.79 Å². The van der Waals surface area contributed by atoms with Crippen LogP contribution in [0.4, 0.5) is 0 Å². The van der Waals surface area contributed by atoms with Crippen LogP contribution in [0.5, 0.6) is 0 Å². The lowest BCUT2D eigenvalue weighted by molar-refractivity contribution is -0.133. The van der Waals surface area contributed by atoms with Gasteiger partial charge < -0.3 is 10.2 Å². The van der Waals surface area contributed by atoms with Gasteiger partial charge in [-0.3, -0.25) is 4.79 Å². The number of carbonyl (C=O) groups excluding carboxylic acids is 1. The summed E-state index contributed by atoms with van der Waals surface area (Å²) in [4.78, 5) is 14.0. The molecule has 0 fully saturated rings. The van der Waals surface area contributed by atoms with Gasteiger partial charge in [0.25, 0.3) is 0 Å². The molecule has 1 aromatic rings. The molecule has 0 aliphatic heterocycles. The molecule has 0 aliphatic rings. The van der Waals surface area contributed by atoms with E-state index in [4.69, 9.17) is 0 Å². The lowest BCUT2D eigenvalue weighted by atomic mass is 10.0. The second-order valence-electron chi connectivity index (χ2n) is 4.69. The summed E-state index contributed by atoms with van der Waals surface area (Å²) in [7, 11) is 3.68. The Labute approximate surface area is 104 Å². The summed E-state index contributed by atoms with van der Waals surface area (Å²) in [5.41, 5.74) is 1.15. The van der Waals surface area contributed by atoms with Gasteiger partial charge in [0.2, 0.25) is 5.91 Å². The second-order valence-corrected chi connectivity index (χ2v) is 4.69. The Hall–Kier alpha value is -1.35. The van der Waals surface area contributed by atoms with Crippen molar-refractivity contribution in [3.8, 4) is 0 Å². The van der Waals surface area contributed by atoms with Gasteiger partial charge in [-0.1, -0.05) is 44.2 Å². The van der Waals surface area contributed by atoms with Gasteiger partial charge in [0.05, 0.1) is 6.04 Å². The highest BCUT2D eigenvalue weighted by Crippen LogP contribution is 2.08. The molecule has 3 heteroatoms. The van der Waals surface area contributed by atoms with E-state index in [2.05, 4.69) is 19.2 Å². The fraction of sp³-hybridized carbons (Fsp3) is 0.500. The van der Waals surface area contributed by atoms with Crippen LogP contribution in [0.2, 0.25) is 0 Å². The van der Waals surface area contributed by atoms with E-state index in [9.17, 15) is 4.79 Å². The van der Waals surface area contributed by atoms with Crippen LogP contribution < -0.4 is 5.32 Å². The molecule has 0 heterocycles. The second kappa shape index (κ2) is 6.40. The maximum Gasteiger partial charge on any atom is 0.240 e. The highest BCUT2D eigenvalue weighted by Gasteiger charge is 2.23. The van der Waals surface area contributed by atoms with Gasteiger partial charge in [-0.25, -0.2) is 0 Å². The first-order valence-corrected chi connectivity index (χ1v) is 6.02. The fourth-order valence-corrected chi connectivity index (χ4v) is 1.91. The minimum atomic E-state index is -0.108. The molecule has 1 rings (SSSR count). The molecule has 0 saturated heterocycles. The number of rotatable bonds is 5. The van der Waals surface area contributed by atoms with Crippen LogP contribution in [0.25, 0.3) is 0 Å². The van der Waals surface area contributed by atoms with Crippen LogP contribution in [0.3, 0.4) is 0 Å². The average Bonchev–Trinajstić information content (AvgIpc) is 2.30. The Bertz CT molecular complexity index is 348. The molecule has 0 unspecified atom stereocenters. The highest BCUT2D eigenvalue weighted by atomic mass is 16.2. The van der Waals surface area contributed by atoms with Crippen LogP contribution in [0.15, 0.2) is 30.3 Å². The standard InChI is InChI=1S/C14H22N2O/c1-11(2)13(15-3)14(17)16(4)10-12-8-6-5-7-9-12/h5-9,11,13,15H,10H2,1-4H3/t13-/m1/s1. The SMILES string of the molecule is CN[C@@H](C(=O)N(C)Cc1ccccc1)C(C)C. The van der Waals surface area contributed by atoms with E-state index >= 15 is 0 Å². The molecule has 0 radical (unpaired) electrons. The van der Waals surface area contributed by atoms with Gasteiger partial charge in [-0.05, 0) is 18.5 Å². The number of nitrogens with one attached hydrogen (secondary N) is 1. The Kier molecular flexibility index (Phi) is 5.16. The molecule has 1 atom stereocenters. The molecule has 1 N–H and O–H groups in total. The summed E-state index contributed by atoms with van der Waals surface area (Å²) < 4.78 is 0. The van der Waals surface area contributed by atoms with Crippen molar-refractivity contribution in [1.82, 2.24) is 10.2 Å². The summed E-state index contributed by atoms with van der Waals surface area (Å²) in [5, 5.41) is 3.08. The summed E-state index contributed by atoms with van der Waals surface area (Å²) in [5.74, 6) is 0.442. The first-order valence-electron chi connectivity index (χ1n) is 6.02. The van der Waals surface area contributed by atoms with Crippen LogP contribution in [-0.4, -0.2) is 30.9 Å². The Balaban J connectivity index is 2.64. The van der Waals surface area contributed by atoms with E-state index in [1.165, 1.54) is 0 Å². The smallest absolute Gasteiger partial charge is 0.240 e. The third-order valence-electron chi connectivity index (χ3n) is 2.88. The topological polar surface area (TPSA) is 32.3 Å². The number of carbonyl (C=O) groups is 1. The van der Waals surface area contributed by atoms with E-state index in [0.29, 0.717) is 12.5 Å². The monoisotopic (exact) mass is 234 g/mol. The number of hydrogen-bond donors (Lipinski definition) is 1. The highest BCUT2D eigenvalue weighted by molar-refractivity contribution is 5.81. The third kappa shape index (κ3) is 3.86. The Morgan fingerprint density at radius 2 is 1.88 bits per heavy atom. The largest absolute Gasteiger partial charge is 0.340 e. The van der Waals surface area contributed by atoms with Crippen molar-refractivity contribution in [3.63, 3.8) is 0 Å². The molecule has 0 bridgehead atoms. The maximum atomic E-state index is 12.2. The Morgan fingerprint density at radius 1 is 1.29 bits per heavy atom. The summed E-state index contributed by atoms with van der Waals surface area (Å²) >= 11 is 0. The summed E-state index contributed by atoms with van der Waals surface area (Å²) in [6.07, 6.45) is 0. The van der Waals surface area contributed by atoms with Crippen molar-refractivity contribution >= 4 is 5.91 Å². The van der Waals surface area contributed by atoms with Crippen LogP contribution in [0, 0.1) is 5.92 Å². The molecule has 0 aromatic heterocycles. The molecule has 94 valence electrons. The minimum absolute atomic E-state index is 0.108. The third-order valence-corrected chi connectivity index (χ3v) is 2.88. The summed E-state index contributed by atoms with van der Waals surface area (Å²) in [6, 6.07) is 9.93. The van der Waals surface area contributed by atoms with Gasteiger partial charge in [-0.2, -0.15) is 0 Å². The zero-order valence-corrected chi connectivity index (χ0v) is 11.1. The van der Waals surface area contributed by atoms with E-state index in [1.807, 2.05) is 44.4 Å². The zero-order chi connectivity index (χ0) is 12.8. The predicted molar refractivity (Wildman–Crippen MR) is 70.6 cm³/mol. The van der Waals surface area contributed by atoms with Crippen molar-refractivity contribution in [2.75, 3.05) is 14.1 Å². The van der Waals surface area contributed by atoms with E-state index in [-0.39, 0.29) is 11.9 Å². The molecule has 17 heavy (non-hydrogen) atoms. The fourth-order valence-electron chi connectivity index (χ4n) is 1.91. The number of benzene rings is 1. The number of nitrogens with zero attached hydrogens (tertiary/aromatic N) is 1. The first kappa shape index (κ1) is 13.7. The molecular formula is C14H22N2O. The van der Waals surface area contributed by atoms with Crippen LogP contribution in [0.1, 0.15) is 19.4 Å². The average molecular weight is 234 g/mol. The van der Waals surface area contributed by atoms with Crippen LogP contribution in [-0.2, 0) is 11.3 Å². The van der Waals surface area contributed by atoms with Gasteiger partial charge in [-0.15, -0.1) is 0 Å². The van der Waals surface area contributed by atoms with E-state index in [0.717, 1.165) is 5.56 Å². The molecule has 0 saturated carbocycles. The van der Waals surface area contributed by atoms with Gasteiger partial charge in [0, 0.05) is 13.6 Å². The lowest BCUT2D eigenvalue weighted by Crippen LogP contribution is -2.46. The molecule has 1 amide bonds. The number of hydrogen-bond acceptors (Lipinski definition) is 2. The van der Waals surface area contributed by atoms with E-state index in [1.54, 1.807) is 4.90 Å². The van der Waals surface area contributed by atoms with Gasteiger partial charge >= 0.3 is 0 Å². The molecule has 1 aromatic carbocycles. The molecule has 3 nitrogen and oxygen atoms in total. The lowest BCUT2D eigenvalue weighted by Gasteiger charge is -2.26. The van der Waals surface area contributed by atoms with Crippen molar-refractivity contribution in [3.05, 3.63) is 35.9 Å². The number of amides is 1. The van der Waals surface area contributed by atoms with Gasteiger partial charge in [0.1, 0.15) is 0 Å². The Morgan fingerprint density at radius 3 is 2.35 bits per heavy atom. The zero-order valence-electron chi connectivity index (χ0n) is 11.1. The molecule has 0 aliphatic carbocycles. The van der Waals surface area contributed by atoms with Gasteiger partial charge in [0.15, 0.2) is 0 Å². The summed E-state index contributed by atoms with van der Waals surface area (Å²) in [6.45, 7) is 4.76. The van der Waals surface area contributed by atoms with Crippen molar-refractivity contribution in [2.45, 2.75) is 26.4 Å². The van der Waals surface area contributed by atoms with E-state index < -0.39 is 0 Å². The predicted octanol–water partition coefficient (Wildman–Crippen LogP) is 1.89. The molecular weight excluding hydrogens is 212 g/mol. The van der Waals surface area contributed by atoms with Crippen molar-refractivity contribution in [1.29, 1.82) is 0 Å². The van der Waals surface area contributed by atoms with Crippen molar-refractivity contribution in [2.24, 2.45) is 5.92 Å². The first-order chi connectivity index (χ1) is 8.06. The normalized spacial score (nSPS) is 12.5. The maximum absolute atomic E-state index is 12.2.